The molecule has 0 aliphatic heterocycles. The van der Waals surface area contributed by atoms with E-state index in [4.69, 9.17) is 4.42 Å². The van der Waals surface area contributed by atoms with Crippen molar-refractivity contribution >= 4 is 28.6 Å². The van der Waals surface area contributed by atoms with Crippen LogP contribution < -0.4 is 10.2 Å². The van der Waals surface area contributed by atoms with Gasteiger partial charge in [0.15, 0.2) is 0 Å². The molecule has 2 aliphatic carbocycles. The largest absolute Gasteiger partial charge is 0.455 e. The molecule has 2 aromatic heterocycles. The van der Waals surface area contributed by atoms with Gasteiger partial charge in [-0.3, -0.25) is 14.5 Å². The lowest BCUT2D eigenvalue weighted by molar-refractivity contribution is 0.0962. The zero-order valence-electron chi connectivity index (χ0n) is 22.6. The van der Waals surface area contributed by atoms with Crippen LogP contribution in [0.3, 0.4) is 0 Å². The van der Waals surface area contributed by atoms with Crippen LogP contribution >= 0.6 is 0 Å². The highest BCUT2D eigenvalue weighted by atomic mass is 19.1. The Hall–Kier alpha value is -4.78. The van der Waals surface area contributed by atoms with Crippen molar-refractivity contribution in [2.45, 2.75) is 37.6 Å². The predicted molar refractivity (Wildman–Crippen MR) is 156 cm³/mol. The highest BCUT2D eigenvalue weighted by Gasteiger charge is 2.36. The Morgan fingerprint density at radius 3 is 2.39 bits per heavy atom. The van der Waals surface area contributed by atoms with Crippen molar-refractivity contribution in [2.75, 3.05) is 11.9 Å². The fraction of sp³-hybridized carbons (Fsp3) is 0.206. The Balaban J connectivity index is 1.35. The zero-order chi connectivity index (χ0) is 28.1. The number of benzene rings is 3. The fourth-order valence-electron chi connectivity index (χ4n) is 5.53. The number of fused-ring (bicyclic) bond motifs is 1. The number of amides is 2. The van der Waals surface area contributed by atoms with Gasteiger partial charge in [0.05, 0.1) is 5.56 Å². The van der Waals surface area contributed by atoms with Crippen LogP contribution in [-0.4, -0.2) is 29.9 Å². The topological polar surface area (TPSA) is 75.4 Å². The molecule has 0 unspecified atom stereocenters. The van der Waals surface area contributed by atoms with Gasteiger partial charge in [-0.05, 0) is 109 Å². The van der Waals surface area contributed by atoms with Crippen LogP contribution in [0.25, 0.3) is 33.4 Å². The fourth-order valence-corrected chi connectivity index (χ4v) is 5.53. The summed E-state index contributed by atoms with van der Waals surface area (Å²) in [5, 5.41) is 3.38. The third kappa shape index (κ3) is 4.67. The van der Waals surface area contributed by atoms with E-state index >= 15 is 0 Å². The van der Waals surface area contributed by atoms with Gasteiger partial charge in [-0.25, -0.2) is 9.37 Å². The number of hydrogen-bond donors (Lipinski definition) is 1. The molecule has 0 radical (unpaired) electrons. The molecule has 7 rings (SSSR count). The average molecular weight is 546 g/mol. The number of carbonyl (C=O) groups excluding carboxylic acids is 2. The number of hydrogen-bond acceptors (Lipinski definition) is 4. The molecule has 1 N–H and O–H groups in total. The molecular weight excluding hydrogens is 517 g/mol. The number of aromatic nitrogens is 1. The maximum atomic E-state index is 13.9. The quantitative estimate of drug-likeness (QED) is 0.232. The number of pyridine rings is 1. The number of nitrogens with zero attached hydrogens (tertiary/aromatic N) is 2. The Morgan fingerprint density at radius 2 is 1.71 bits per heavy atom. The number of carbonyl (C=O) groups is 2. The molecule has 2 amide bonds. The van der Waals surface area contributed by atoms with Crippen LogP contribution in [0.15, 0.2) is 89.5 Å². The summed E-state index contributed by atoms with van der Waals surface area (Å²) in [5.74, 6) is 0.775. The summed E-state index contributed by atoms with van der Waals surface area (Å²) in [4.78, 5) is 33.3. The van der Waals surface area contributed by atoms with Crippen molar-refractivity contribution in [3.05, 3.63) is 108 Å². The molecule has 0 bridgehead atoms. The van der Waals surface area contributed by atoms with Crippen molar-refractivity contribution in [1.29, 1.82) is 0 Å². The molecule has 6 nitrogen and oxygen atoms in total. The monoisotopic (exact) mass is 545 g/mol. The van der Waals surface area contributed by atoms with E-state index in [-0.39, 0.29) is 23.7 Å². The number of anilines is 1. The van der Waals surface area contributed by atoms with E-state index in [2.05, 4.69) is 16.4 Å². The summed E-state index contributed by atoms with van der Waals surface area (Å²) >= 11 is 0. The SMILES string of the molecule is CNC(=O)c1c(-c2ccc(F)cc2)oc2ccc(-c3cc(C(=O)N(c4ccccn4)C4CC4)ccc3C3CC3)cc12. The van der Waals surface area contributed by atoms with E-state index < -0.39 is 0 Å². The Bertz CT molecular complexity index is 1790. The minimum absolute atomic E-state index is 0.0659. The van der Waals surface area contributed by atoms with Crippen LogP contribution in [0.4, 0.5) is 10.2 Å². The van der Waals surface area contributed by atoms with E-state index in [0.717, 1.165) is 36.8 Å². The summed E-state index contributed by atoms with van der Waals surface area (Å²) in [6.45, 7) is 0. The van der Waals surface area contributed by atoms with Crippen LogP contribution in [0.2, 0.25) is 0 Å². The summed E-state index contributed by atoms with van der Waals surface area (Å²) in [6.07, 6.45) is 5.85. The highest BCUT2D eigenvalue weighted by Crippen LogP contribution is 2.46. The molecule has 0 spiro atoms. The molecular formula is C34H28FN3O3. The molecule has 2 heterocycles. The second-order valence-corrected chi connectivity index (χ2v) is 10.8. The summed E-state index contributed by atoms with van der Waals surface area (Å²) in [7, 11) is 1.58. The third-order valence-electron chi connectivity index (χ3n) is 7.90. The van der Waals surface area contributed by atoms with Crippen molar-refractivity contribution in [1.82, 2.24) is 10.3 Å². The molecule has 2 fully saturated rings. The number of halogens is 1. The summed E-state index contributed by atoms with van der Waals surface area (Å²) < 4.78 is 19.8. The maximum Gasteiger partial charge on any atom is 0.259 e. The molecule has 0 atom stereocenters. The molecule has 3 aromatic carbocycles. The molecule has 2 saturated carbocycles. The van der Waals surface area contributed by atoms with E-state index in [1.165, 1.54) is 17.7 Å². The maximum absolute atomic E-state index is 13.9. The summed E-state index contributed by atoms with van der Waals surface area (Å²) in [6, 6.07) is 23.5. The van der Waals surface area contributed by atoms with Crippen molar-refractivity contribution < 1.29 is 18.4 Å². The van der Waals surface area contributed by atoms with Gasteiger partial charge in [-0.2, -0.15) is 0 Å². The number of rotatable bonds is 7. The van der Waals surface area contributed by atoms with Gasteiger partial charge < -0.3 is 9.73 Å². The standard InChI is InChI=1S/C34H28FN3O3/c1-36-33(39)31-28-18-22(10-16-29(28)41-32(31)21-7-11-24(35)12-8-21)27-19-23(9-15-26(27)20-5-6-20)34(40)38(25-13-14-25)30-4-2-3-17-37-30/h2-4,7-12,15-20,25H,5-6,13-14H2,1H3,(H,36,39). The van der Waals surface area contributed by atoms with Gasteiger partial charge in [-0.1, -0.05) is 18.2 Å². The van der Waals surface area contributed by atoms with Crippen LogP contribution in [0.1, 0.15) is 57.9 Å². The van der Waals surface area contributed by atoms with Gasteiger partial charge in [0.25, 0.3) is 11.8 Å². The lowest BCUT2D eigenvalue weighted by atomic mass is 9.92. The molecule has 2 aliphatic rings. The highest BCUT2D eigenvalue weighted by molar-refractivity contribution is 6.12. The van der Waals surface area contributed by atoms with Crippen LogP contribution in [0, 0.1) is 5.82 Å². The minimum Gasteiger partial charge on any atom is -0.455 e. The Labute approximate surface area is 236 Å². The van der Waals surface area contributed by atoms with Gasteiger partial charge in [0.2, 0.25) is 0 Å². The molecule has 204 valence electrons. The van der Waals surface area contributed by atoms with Crippen LogP contribution in [-0.2, 0) is 0 Å². The predicted octanol–water partition coefficient (Wildman–Crippen LogP) is 7.35. The summed E-state index contributed by atoms with van der Waals surface area (Å²) in [5.41, 5.74) is 5.25. The van der Waals surface area contributed by atoms with Crippen molar-refractivity contribution in [3.8, 4) is 22.5 Å². The van der Waals surface area contributed by atoms with Crippen molar-refractivity contribution in [3.63, 3.8) is 0 Å². The first-order chi connectivity index (χ1) is 20.0. The minimum atomic E-state index is -0.362. The van der Waals surface area contributed by atoms with E-state index in [0.29, 0.717) is 45.2 Å². The normalized spacial score (nSPS) is 14.7. The Morgan fingerprint density at radius 1 is 0.927 bits per heavy atom. The lowest BCUT2D eigenvalue weighted by Gasteiger charge is -2.22. The smallest absolute Gasteiger partial charge is 0.259 e. The van der Waals surface area contributed by atoms with Gasteiger partial charge in [-0.15, -0.1) is 0 Å². The van der Waals surface area contributed by atoms with Gasteiger partial charge in [0.1, 0.15) is 23.0 Å². The first-order valence-electron chi connectivity index (χ1n) is 14.0. The van der Waals surface area contributed by atoms with E-state index in [9.17, 15) is 14.0 Å². The second kappa shape index (κ2) is 10.0. The molecule has 7 heteroatoms. The third-order valence-corrected chi connectivity index (χ3v) is 7.90. The Kier molecular flexibility index (Phi) is 6.15. The first kappa shape index (κ1) is 25.2. The number of furan rings is 1. The van der Waals surface area contributed by atoms with E-state index in [1.54, 1.807) is 25.4 Å². The molecule has 0 saturated heterocycles. The van der Waals surface area contributed by atoms with Crippen molar-refractivity contribution in [2.24, 2.45) is 0 Å². The van der Waals surface area contributed by atoms with Gasteiger partial charge in [0, 0.05) is 35.8 Å². The average Bonchev–Trinajstić information content (AvgIpc) is 3.95. The lowest BCUT2D eigenvalue weighted by Crippen LogP contribution is -2.33. The molecule has 5 aromatic rings. The molecule has 41 heavy (non-hydrogen) atoms. The number of nitrogens with one attached hydrogen (secondary N) is 1. The zero-order valence-corrected chi connectivity index (χ0v) is 22.6. The van der Waals surface area contributed by atoms with Crippen LogP contribution in [0.5, 0.6) is 0 Å². The first-order valence-corrected chi connectivity index (χ1v) is 14.0. The van der Waals surface area contributed by atoms with E-state index in [1.807, 2.05) is 53.4 Å². The van der Waals surface area contributed by atoms with Gasteiger partial charge >= 0.3 is 0 Å². The second-order valence-electron chi connectivity index (χ2n) is 10.8.